The third-order valence-corrected chi connectivity index (χ3v) is 1.56. The molecule has 1 aromatic rings. The highest BCUT2D eigenvalue weighted by molar-refractivity contribution is 6.32. The van der Waals surface area contributed by atoms with Crippen LogP contribution >= 0.6 is 24.0 Å². The van der Waals surface area contributed by atoms with Crippen LogP contribution < -0.4 is 0 Å². The van der Waals surface area contributed by atoms with Crippen molar-refractivity contribution in [3.8, 4) is 0 Å². The molecule has 0 spiro atoms. The van der Waals surface area contributed by atoms with Crippen LogP contribution in [-0.4, -0.2) is 17.6 Å². The summed E-state index contributed by atoms with van der Waals surface area (Å²) < 4.78 is 4.75. The summed E-state index contributed by atoms with van der Waals surface area (Å²) in [6, 6.07) is 3.21. The summed E-state index contributed by atoms with van der Waals surface area (Å²) in [6.07, 6.45) is 1.52. The maximum Gasteiger partial charge on any atom is 0.341 e. The molecule has 0 radical (unpaired) electrons. The van der Waals surface area contributed by atoms with E-state index >= 15 is 0 Å². The lowest BCUT2D eigenvalue weighted by Crippen LogP contribution is -2.05. The summed E-state index contributed by atoms with van der Waals surface area (Å²) in [5.41, 5.74) is 0.306. The number of nitrogens with zero attached hydrogens (tertiary/aromatic N) is 1. The average molecular weight is 222 g/mol. The fourth-order valence-electron chi connectivity index (χ4n) is 0.747. The minimum absolute atomic E-state index is 0. The molecular formula is C8H9Cl2NO2. The van der Waals surface area contributed by atoms with Crippen LogP contribution in [-0.2, 0) is 4.74 Å². The van der Waals surface area contributed by atoms with Crippen LogP contribution in [0.25, 0.3) is 0 Å². The van der Waals surface area contributed by atoms with Crippen LogP contribution in [0, 0.1) is 0 Å². The van der Waals surface area contributed by atoms with Crippen molar-refractivity contribution >= 4 is 30.0 Å². The molecule has 0 atom stereocenters. The molecule has 0 aliphatic rings. The number of hydrogen-bond donors (Lipinski definition) is 0. The van der Waals surface area contributed by atoms with Crippen molar-refractivity contribution in [2.24, 2.45) is 0 Å². The van der Waals surface area contributed by atoms with Gasteiger partial charge in [0, 0.05) is 6.20 Å². The minimum Gasteiger partial charge on any atom is -0.462 e. The second kappa shape index (κ2) is 5.78. The zero-order valence-electron chi connectivity index (χ0n) is 6.99. The van der Waals surface area contributed by atoms with Gasteiger partial charge in [-0.1, -0.05) is 11.6 Å². The Morgan fingerprint density at radius 3 is 2.92 bits per heavy atom. The fourth-order valence-corrected chi connectivity index (χ4v) is 0.944. The molecule has 0 aromatic carbocycles. The summed E-state index contributed by atoms with van der Waals surface area (Å²) >= 11 is 5.64. The smallest absolute Gasteiger partial charge is 0.341 e. The molecule has 0 fully saturated rings. The molecule has 1 rings (SSSR count). The third kappa shape index (κ3) is 3.20. The van der Waals surface area contributed by atoms with Crippen molar-refractivity contribution in [3.63, 3.8) is 0 Å². The van der Waals surface area contributed by atoms with Gasteiger partial charge < -0.3 is 4.74 Å². The van der Waals surface area contributed by atoms with Crippen LogP contribution in [0.3, 0.4) is 0 Å². The molecule has 3 nitrogen and oxygen atoms in total. The molecular weight excluding hydrogens is 213 g/mol. The van der Waals surface area contributed by atoms with E-state index in [1.807, 2.05) is 0 Å². The van der Waals surface area contributed by atoms with Gasteiger partial charge in [-0.05, 0) is 19.1 Å². The highest BCUT2D eigenvalue weighted by Crippen LogP contribution is 2.12. The molecule has 13 heavy (non-hydrogen) atoms. The van der Waals surface area contributed by atoms with Gasteiger partial charge in [0.25, 0.3) is 0 Å². The molecule has 0 saturated carbocycles. The van der Waals surface area contributed by atoms with Gasteiger partial charge in [0.1, 0.15) is 5.15 Å². The largest absolute Gasteiger partial charge is 0.462 e. The Morgan fingerprint density at radius 1 is 1.69 bits per heavy atom. The van der Waals surface area contributed by atoms with Crippen molar-refractivity contribution < 1.29 is 9.53 Å². The van der Waals surface area contributed by atoms with E-state index < -0.39 is 5.97 Å². The SMILES string of the molecule is CCOC(=O)c1cccnc1Cl.Cl. The number of carbonyl (C=O) groups is 1. The van der Waals surface area contributed by atoms with Gasteiger partial charge in [-0.25, -0.2) is 9.78 Å². The van der Waals surface area contributed by atoms with E-state index in [1.165, 1.54) is 6.20 Å². The van der Waals surface area contributed by atoms with Gasteiger partial charge in [-0.3, -0.25) is 0 Å². The topological polar surface area (TPSA) is 39.2 Å². The first-order valence-electron chi connectivity index (χ1n) is 3.53. The summed E-state index contributed by atoms with van der Waals surface area (Å²) in [4.78, 5) is 14.9. The average Bonchev–Trinajstić information content (AvgIpc) is 2.05. The van der Waals surface area contributed by atoms with Crippen molar-refractivity contribution in [1.29, 1.82) is 0 Å². The van der Waals surface area contributed by atoms with Crippen molar-refractivity contribution in [1.82, 2.24) is 4.98 Å². The number of esters is 1. The molecule has 0 unspecified atom stereocenters. The van der Waals surface area contributed by atoms with E-state index in [1.54, 1.807) is 19.1 Å². The van der Waals surface area contributed by atoms with E-state index in [9.17, 15) is 4.79 Å². The van der Waals surface area contributed by atoms with E-state index in [4.69, 9.17) is 16.3 Å². The number of hydrogen-bond acceptors (Lipinski definition) is 3. The number of rotatable bonds is 2. The first kappa shape index (κ1) is 12.2. The predicted molar refractivity (Wildman–Crippen MR) is 52.5 cm³/mol. The van der Waals surface area contributed by atoms with Crippen LogP contribution in [0.1, 0.15) is 17.3 Å². The van der Waals surface area contributed by atoms with Gasteiger partial charge in [0.2, 0.25) is 0 Å². The molecule has 0 N–H and O–H groups in total. The summed E-state index contributed by atoms with van der Waals surface area (Å²) in [6.45, 7) is 2.08. The van der Waals surface area contributed by atoms with Gasteiger partial charge >= 0.3 is 5.97 Å². The van der Waals surface area contributed by atoms with Gasteiger partial charge in [0.15, 0.2) is 0 Å². The second-order valence-electron chi connectivity index (χ2n) is 2.06. The van der Waals surface area contributed by atoms with E-state index in [2.05, 4.69) is 4.98 Å². The maximum atomic E-state index is 11.1. The Balaban J connectivity index is 0.00000144. The molecule has 0 aliphatic heterocycles. The zero-order chi connectivity index (χ0) is 8.97. The quantitative estimate of drug-likeness (QED) is 0.569. The number of pyridine rings is 1. The first-order valence-corrected chi connectivity index (χ1v) is 3.91. The Kier molecular flexibility index (Phi) is 5.42. The molecule has 1 aromatic heterocycles. The number of carbonyl (C=O) groups excluding carboxylic acids is 1. The molecule has 0 amide bonds. The van der Waals surface area contributed by atoms with E-state index in [-0.39, 0.29) is 17.6 Å². The van der Waals surface area contributed by atoms with Crippen LogP contribution in [0.2, 0.25) is 5.15 Å². The number of aromatic nitrogens is 1. The second-order valence-corrected chi connectivity index (χ2v) is 2.42. The lowest BCUT2D eigenvalue weighted by Gasteiger charge is -2.01. The fraction of sp³-hybridized carbons (Fsp3) is 0.250. The molecule has 0 bridgehead atoms. The van der Waals surface area contributed by atoms with Crippen molar-refractivity contribution in [2.45, 2.75) is 6.92 Å². The van der Waals surface area contributed by atoms with Crippen LogP contribution in [0.15, 0.2) is 18.3 Å². The number of ether oxygens (including phenoxy) is 1. The van der Waals surface area contributed by atoms with Gasteiger partial charge in [-0.15, -0.1) is 12.4 Å². The summed E-state index contributed by atoms with van der Waals surface area (Å²) in [5.74, 6) is -0.435. The molecule has 0 aliphatic carbocycles. The van der Waals surface area contributed by atoms with E-state index in [0.29, 0.717) is 12.2 Å². The predicted octanol–water partition coefficient (Wildman–Crippen LogP) is 2.33. The van der Waals surface area contributed by atoms with E-state index in [0.717, 1.165) is 0 Å². The van der Waals surface area contributed by atoms with Crippen molar-refractivity contribution in [3.05, 3.63) is 29.0 Å². The Hall–Kier alpha value is -0.800. The standard InChI is InChI=1S/C8H8ClNO2.ClH/c1-2-12-8(11)6-4-3-5-10-7(6)9;/h3-5H,2H2,1H3;1H. The van der Waals surface area contributed by atoms with Crippen molar-refractivity contribution in [2.75, 3.05) is 6.61 Å². The van der Waals surface area contributed by atoms with Gasteiger partial charge in [0.05, 0.1) is 12.2 Å². The highest BCUT2D eigenvalue weighted by atomic mass is 35.5. The van der Waals surface area contributed by atoms with Crippen LogP contribution in [0.4, 0.5) is 0 Å². The molecule has 72 valence electrons. The Morgan fingerprint density at radius 2 is 2.38 bits per heavy atom. The lowest BCUT2D eigenvalue weighted by atomic mass is 10.3. The first-order chi connectivity index (χ1) is 5.75. The third-order valence-electron chi connectivity index (χ3n) is 1.25. The summed E-state index contributed by atoms with van der Waals surface area (Å²) in [5, 5.41) is 0.177. The maximum absolute atomic E-state index is 11.1. The normalized spacial score (nSPS) is 8.77. The Bertz CT molecular complexity index is 291. The molecule has 5 heteroatoms. The monoisotopic (exact) mass is 221 g/mol. The highest BCUT2D eigenvalue weighted by Gasteiger charge is 2.10. The number of halogens is 2. The zero-order valence-corrected chi connectivity index (χ0v) is 8.56. The minimum atomic E-state index is -0.435. The summed E-state index contributed by atoms with van der Waals surface area (Å²) in [7, 11) is 0. The molecule has 0 saturated heterocycles. The Labute approximate surface area is 87.5 Å². The molecule has 1 heterocycles. The lowest BCUT2D eigenvalue weighted by molar-refractivity contribution is 0.0526. The van der Waals surface area contributed by atoms with Gasteiger partial charge in [-0.2, -0.15) is 0 Å². The van der Waals surface area contributed by atoms with Crippen LogP contribution in [0.5, 0.6) is 0 Å².